The molecule has 0 amide bonds. The summed E-state index contributed by atoms with van der Waals surface area (Å²) in [4.78, 5) is 0. The van der Waals surface area contributed by atoms with E-state index in [1.165, 1.54) is 0 Å². The fourth-order valence-corrected chi connectivity index (χ4v) is 1.57. The van der Waals surface area contributed by atoms with Gasteiger partial charge in [-0.3, -0.25) is 0 Å². The molecule has 0 aromatic carbocycles. The summed E-state index contributed by atoms with van der Waals surface area (Å²) in [7, 11) is 0. The van der Waals surface area contributed by atoms with Crippen molar-refractivity contribution in [2.75, 3.05) is 26.3 Å². The van der Waals surface area contributed by atoms with Crippen LogP contribution in [0.5, 0.6) is 0 Å². The van der Waals surface area contributed by atoms with Crippen LogP contribution in [0.15, 0.2) is 0 Å². The quantitative estimate of drug-likeness (QED) is 0.747. The average molecular weight is 226 g/mol. The van der Waals surface area contributed by atoms with E-state index in [2.05, 4.69) is 10.6 Å². The van der Waals surface area contributed by atoms with Crippen molar-refractivity contribution in [3.63, 3.8) is 0 Å². The minimum atomic E-state index is -4.13. The van der Waals surface area contributed by atoms with Crippen LogP contribution in [0.25, 0.3) is 0 Å². The third-order valence-corrected chi connectivity index (χ3v) is 2.29. The summed E-state index contributed by atoms with van der Waals surface area (Å²) in [5.41, 5.74) is 0. The highest BCUT2D eigenvalue weighted by Gasteiger charge is 2.27. The van der Waals surface area contributed by atoms with Crippen molar-refractivity contribution in [2.24, 2.45) is 0 Å². The van der Waals surface area contributed by atoms with Gasteiger partial charge in [0.05, 0.1) is 19.8 Å². The highest BCUT2D eigenvalue weighted by Crippen LogP contribution is 2.13. The van der Waals surface area contributed by atoms with Gasteiger partial charge in [-0.25, -0.2) is 0 Å². The molecule has 0 aromatic rings. The first kappa shape index (κ1) is 12.7. The van der Waals surface area contributed by atoms with Crippen LogP contribution in [0.2, 0.25) is 0 Å². The summed E-state index contributed by atoms with van der Waals surface area (Å²) >= 11 is 0. The third-order valence-electron chi connectivity index (χ3n) is 2.29. The number of ether oxygens (including phenoxy) is 1. The van der Waals surface area contributed by atoms with Gasteiger partial charge in [-0.15, -0.1) is 0 Å². The van der Waals surface area contributed by atoms with E-state index in [0.717, 1.165) is 6.54 Å². The number of alkyl halides is 3. The van der Waals surface area contributed by atoms with Gasteiger partial charge in [-0.05, 0) is 13.3 Å². The maximum Gasteiger partial charge on any atom is 0.401 e. The molecule has 1 fully saturated rings. The molecule has 90 valence electrons. The Kier molecular flexibility index (Phi) is 4.82. The van der Waals surface area contributed by atoms with Crippen LogP contribution in [0.3, 0.4) is 0 Å². The lowest BCUT2D eigenvalue weighted by atomic mass is 10.1. The van der Waals surface area contributed by atoms with Gasteiger partial charge < -0.3 is 15.4 Å². The molecular weight excluding hydrogens is 209 g/mol. The first-order valence-corrected chi connectivity index (χ1v) is 5.08. The Morgan fingerprint density at radius 3 is 2.80 bits per heavy atom. The molecule has 3 nitrogen and oxygen atoms in total. The van der Waals surface area contributed by atoms with Crippen LogP contribution in [-0.2, 0) is 4.74 Å². The summed E-state index contributed by atoms with van der Waals surface area (Å²) in [5.74, 6) is 0. The van der Waals surface area contributed by atoms with Gasteiger partial charge in [0.25, 0.3) is 0 Å². The topological polar surface area (TPSA) is 33.3 Å². The standard InChI is InChI=1S/C9H17F3N2O/c1-7(14-6-9(10,11)12)4-8-5-15-3-2-13-8/h7-8,13-14H,2-6H2,1H3. The normalized spacial score (nSPS) is 25.2. The van der Waals surface area contributed by atoms with Gasteiger partial charge in [-0.2, -0.15) is 13.2 Å². The summed E-state index contributed by atoms with van der Waals surface area (Å²) in [6.07, 6.45) is -3.49. The monoisotopic (exact) mass is 226 g/mol. The van der Waals surface area contributed by atoms with Crippen molar-refractivity contribution in [2.45, 2.75) is 31.6 Å². The lowest BCUT2D eigenvalue weighted by molar-refractivity contribution is -0.126. The lowest BCUT2D eigenvalue weighted by Crippen LogP contribution is -2.46. The molecule has 1 aliphatic heterocycles. The Labute approximate surface area is 87.4 Å². The number of rotatable bonds is 4. The maximum atomic E-state index is 11.9. The van der Waals surface area contributed by atoms with Crippen molar-refractivity contribution >= 4 is 0 Å². The van der Waals surface area contributed by atoms with Crippen LogP contribution in [-0.4, -0.2) is 44.6 Å². The molecule has 1 aliphatic rings. The van der Waals surface area contributed by atoms with E-state index >= 15 is 0 Å². The summed E-state index contributed by atoms with van der Waals surface area (Å²) in [6.45, 7) is 2.86. The predicted octanol–water partition coefficient (Wildman–Crippen LogP) is 0.905. The molecule has 2 N–H and O–H groups in total. The molecular formula is C9H17F3N2O. The fraction of sp³-hybridized carbons (Fsp3) is 1.00. The smallest absolute Gasteiger partial charge is 0.379 e. The Morgan fingerprint density at radius 1 is 1.53 bits per heavy atom. The zero-order valence-electron chi connectivity index (χ0n) is 8.73. The molecule has 1 saturated heterocycles. The number of morpholine rings is 1. The zero-order valence-corrected chi connectivity index (χ0v) is 8.73. The van der Waals surface area contributed by atoms with Gasteiger partial charge in [0.1, 0.15) is 0 Å². The molecule has 1 rings (SSSR count). The number of halogens is 3. The molecule has 0 saturated carbocycles. The minimum Gasteiger partial charge on any atom is -0.379 e. The largest absolute Gasteiger partial charge is 0.401 e. The van der Waals surface area contributed by atoms with Crippen molar-refractivity contribution in [3.05, 3.63) is 0 Å². The van der Waals surface area contributed by atoms with Gasteiger partial charge in [0.15, 0.2) is 0 Å². The van der Waals surface area contributed by atoms with E-state index < -0.39 is 12.7 Å². The van der Waals surface area contributed by atoms with Crippen LogP contribution in [0.1, 0.15) is 13.3 Å². The number of hydrogen-bond donors (Lipinski definition) is 2. The first-order valence-electron chi connectivity index (χ1n) is 5.08. The maximum absolute atomic E-state index is 11.9. The molecule has 15 heavy (non-hydrogen) atoms. The first-order chi connectivity index (χ1) is 6.97. The van der Waals surface area contributed by atoms with E-state index in [1.54, 1.807) is 6.92 Å². The lowest BCUT2D eigenvalue weighted by Gasteiger charge is -2.26. The zero-order chi connectivity index (χ0) is 11.3. The van der Waals surface area contributed by atoms with E-state index in [1.807, 2.05) is 0 Å². The SMILES string of the molecule is CC(CC1COCCN1)NCC(F)(F)F. The Balaban J connectivity index is 2.14. The van der Waals surface area contributed by atoms with Crippen molar-refractivity contribution in [1.82, 2.24) is 10.6 Å². The van der Waals surface area contributed by atoms with Gasteiger partial charge in [0, 0.05) is 18.6 Å². The van der Waals surface area contributed by atoms with Crippen molar-refractivity contribution in [1.29, 1.82) is 0 Å². The molecule has 6 heteroatoms. The third kappa shape index (κ3) is 5.96. The Bertz CT molecular complexity index is 181. The van der Waals surface area contributed by atoms with E-state index in [4.69, 9.17) is 4.74 Å². The highest BCUT2D eigenvalue weighted by molar-refractivity contribution is 4.76. The molecule has 0 bridgehead atoms. The van der Waals surface area contributed by atoms with Crippen LogP contribution in [0.4, 0.5) is 13.2 Å². The summed E-state index contributed by atoms with van der Waals surface area (Å²) in [6, 6.07) is 0.000286. The molecule has 2 unspecified atom stereocenters. The second-order valence-corrected chi connectivity index (χ2v) is 3.86. The van der Waals surface area contributed by atoms with Gasteiger partial charge >= 0.3 is 6.18 Å². The van der Waals surface area contributed by atoms with Gasteiger partial charge in [-0.1, -0.05) is 0 Å². The molecule has 1 heterocycles. The van der Waals surface area contributed by atoms with Gasteiger partial charge in [0.2, 0.25) is 0 Å². The minimum absolute atomic E-state index is 0.161. The average Bonchev–Trinajstić information content (AvgIpc) is 2.15. The molecule has 0 radical (unpaired) electrons. The predicted molar refractivity (Wildman–Crippen MR) is 50.7 cm³/mol. The number of hydrogen-bond acceptors (Lipinski definition) is 3. The molecule has 0 aliphatic carbocycles. The van der Waals surface area contributed by atoms with Crippen LogP contribution >= 0.6 is 0 Å². The highest BCUT2D eigenvalue weighted by atomic mass is 19.4. The second kappa shape index (κ2) is 5.67. The Hall–Kier alpha value is -0.330. The van der Waals surface area contributed by atoms with Crippen molar-refractivity contribution < 1.29 is 17.9 Å². The molecule has 0 aromatic heterocycles. The molecule has 0 spiro atoms. The summed E-state index contributed by atoms with van der Waals surface area (Å²) < 4.78 is 40.9. The van der Waals surface area contributed by atoms with E-state index in [9.17, 15) is 13.2 Å². The Morgan fingerprint density at radius 2 is 2.27 bits per heavy atom. The number of nitrogens with one attached hydrogen (secondary N) is 2. The van der Waals surface area contributed by atoms with Crippen molar-refractivity contribution in [3.8, 4) is 0 Å². The van der Waals surface area contributed by atoms with Crippen LogP contribution < -0.4 is 10.6 Å². The van der Waals surface area contributed by atoms with Crippen LogP contribution in [0, 0.1) is 0 Å². The van der Waals surface area contributed by atoms with E-state index in [-0.39, 0.29) is 12.1 Å². The van der Waals surface area contributed by atoms with E-state index in [0.29, 0.717) is 19.6 Å². The summed E-state index contributed by atoms with van der Waals surface area (Å²) in [5, 5.41) is 5.65. The molecule has 2 atom stereocenters. The second-order valence-electron chi connectivity index (χ2n) is 3.86. The fourth-order valence-electron chi connectivity index (χ4n) is 1.57.